The van der Waals surface area contributed by atoms with E-state index in [0.29, 0.717) is 42.8 Å². The van der Waals surface area contributed by atoms with Crippen molar-refractivity contribution >= 4 is 17.6 Å². The van der Waals surface area contributed by atoms with Crippen molar-refractivity contribution in [3.8, 4) is 11.5 Å². The largest absolute Gasteiger partial charge is 0.489 e. The molecule has 0 saturated heterocycles. The molecule has 0 radical (unpaired) electrons. The molecule has 1 aliphatic rings. The summed E-state index contributed by atoms with van der Waals surface area (Å²) >= 11 is 6.24. The zero-order chi connectivity index (χ0) is 15.4. The molecule has 1 aromatic rings. The maximum Gasteiger partial charge on any atom is 0.307 e. The van der Waals surface area contributed by atoms with Crippen LogP contribution in [0.2, 0.25) is 5.02 Å². The third-order valence-electron chi connectivity index (χ3n) is 3.32. The summed E-state index contributed by atoms with van der Waals surface area (Å²) in [7, 11) is 1.89. The topological polar surface area (TPSA) is 59.0 Å². The molecule has 1 atom stereocenters. The number of halogens is 1. The van der Waals surface area contributed by atoms with E-state index in [1.165, 1.54) is 0 Å². The standard InChI is InChI=1S/C15H20ClNO4/c1-10(15(18)19)8-17(2)9-11-6-12(16)14-13(7-11)20-4-3-5-21-14/h6-7,10H,3-5,8-9H2,1-2H3,(H,18,19). The highest BCUT2D eigenvalue weighted by Gasteiger charge is 2.18. The first kappa shape index (κ1) is 15.9. The summed E-state index contributed by atoms with van der Waals surface area (Å²) in [5.74, 6) is 0.0542. The summed E-state index contributed by atoms with van der Waals surface area (Å²) < 4.78 is 11.2. The molecule has 116 valence electrons. The van der Waals surface area contributed by atoms with Gasteiger partial charge in [0.2, 0.25) is 0 Å². The van der Waals surface area contributed by atoms with E-state index in [0.717, 1.165) is 12.0 Å². The normalized spacial score (nSPS) is 15.6. The van der Waals surface area contributed by atoms with Crippen LogP contribution in [0, 0.1) is 5.92 Å². The van der Waals surface area contributed by atoms with Crippen LogP contribution in [0.25, 0.3) is 0 Å². The first-order valence-electron chi connectivity index (χ1n) is 6.96. The van der Waals surface area contributed by atoms with E-state index >= 15 is 0 Å². The van der Waals surface area contributed by atoms with E-state index in [4.69, 9.17) is 26.2 Å². The monoisotopic (exact) mass is 313 g/mol. The van der Waals surface area contributed by atoms with E-state index in [1.54, 1.807) is 6.92 Å². The Morgan fingerprint density at radius 1 is 1.43 bits per heavy atom. The highest BCUT2D eigenvalue weighted by atomic mass is 35.5. The van der Waals surface area contributed by atoms with Crippen LogP contribution in [-0.2, 0) is 11.3 Å². The zero-order valence-electron chi connectivity index (χ0n) is 12.3. The van der Waals surface area contributed by atoms with Gasteiger partial charge in [-0.25, -0.2) is 0 Å². The molecule has 0 saturated carbocycles. The number of aliphatic carboxylic acids is 1. The molecule has 0 spiro atoms. The van der Waals surface area contributed by atoms with Crippen molar-refractivity contribution in [2.24, 2.45) is 5.92 Å². The highest BCUT2D eigenvalue weighted by molar-refractivity contribution is 6.32. The van der Waals surface area contributed by atoms with Gasteiger partial charge in [-0.3, -0.25) is 4.79 Å². The first-order chi connectivity index (χ1) is 9.97. The number of fused-ring (bicyclic) bond motifs is 1. The van der Waals surface area contributed by atoms with E-state index < -0.39 is 11.9 Å². The van der Waals surface area contributed by atoms with Crippen LogP contribution in [0.1, 0.15) is 18.9 Å². The molecule has 0 bridgehead atoms. The minimum absolute atomic E-state index is 0.411. The molecule has 5 nitrogen and oxygen atoms in total. The van der Waals surface area contributed by atoms with Crippen LogP contribution in [-0.4, -0.2) is 42.8 Å². The van der Waals surface area contributed by atoms with Crippen molar-refractivity contribution in [1.82, 2.24) is 4.90 Å². The lowest BCUT2D eigenvalue weighted by Gasteiger charge is -2.20. The molecule has 6 heteroatoms. The predicted molar refractivity (Wildman–Crippen MR) is 80.2 cm³/mol. The molecule has 1 heterocycles. The van der Waals surface area contributed by atoms with Crippen molar-refractivity contribution in [2.75, 3.05) is 26.8 Å². The van der Waals surface area contributed by atoms with Gasteiger partial charge in [-0.05, 0) is 24.7 Å². The van der Waals surface area contributed by atoms with Gasteiger partial charge in [-0.15, -0.1) is 0 Å². The molecule has 1 unspecified atom stereocenters. The lowest BCUT2D eigenvalue weighted by molar-refractivity contribution is -0.141. The van der Waals surface area contributed by atoms with Crippen LogP contribution in [0.5, 0.6) is 11.5 Å². The lowest BCUT2D eigenvalue weighted by atomic mass is 10.1. The lowest BCUT2D eigenvalue weighted by Crippen LogP contribution is -2.28. The van der Waals surface area contributed by atoms with Crippen LogP contribution in [0.15, 0.2) is 12.1 Å². The number of carbonyl (C=O) groups is 1. The molecule has 2 rings (SSSR count). The summed E-state index contributed by atoms with van der Waals surface area (Å²) in [6.45, 7) is 3.98. The fourth-order valence-corrected chi connectivity index (χ4v) is 2.59. The Morgan fingerprint density at radius 3 is 2.86 bits per heavy atom. The second-order valence-corrected chi connectivity index (χ2v) is 5.80. The third-order valence-corrected chi connectivity index (χ3v) is 3.60. The Morgan fingerprint density at radius 2 is 2.14 bits per heavy atom. The molecule has 0 amide bonds. The molecule has 0 fully saturated rings. The molecular weight excluding hydrogens is 294 g/mol. The van der Waals surface area contributed by atoms with Gasteiger partial charge in [0.25, 0.3) is 0 Å². The van der Waals surface area contributed by atoms with Gasteiger partial charge in [0.05, 0.1) is 24.2 Å². The SMILES string of the molecule is CC(CN(C)Cc1cc(Cl)c2c(c1)OCCCO2)C(=O)O. The molecule has 1 aromatic carbocycles. The number of nitrogens with zero attached hydrogens (tertiary/aromatic N) is 1. The quantitative estimate of drug-likeness (QED) is 0.905. The number of hydrogen-bond donors (Lipinski definition) is 1. The van der Waals surface area contributed by atoms with E-state index in [9.17, 15) is 4.79 Å². The number of rotatable bonds is 5. The molecule has 21 heavy (non-hydrogen) atoms. The van der Waals surface area contributed by atoms with Gasteiger partial charge in [-0.2, -0.15) is 0 Å². The average molecular weight is 314 g/mol. The maximum atomic E-state index is 10.9. The molecule has 0 aromatic heterocycles. The van der Waals surface area contributed by atoms with E-state index in [1.807, 2.05) is 24.1 Å². The fourth-order valence-electron chi connectivity index (χ4n) is 2.30. The first-order valence-corrected chi connectivity index (χ1v) is 7.34. The summed E-state index contributed by atoms with van der Waals surface area (Å²) in [4.78, 5) is 12.8. The highest BCUT2D eigenvalue weighted by Crippen LogP contribution is 2.38. The fraction of sp³-hybridized carbons (Fsp3) is 0.533. The van der Waals surface area contributed by atoms with Gasteiger partial charge in [-0.1, -0.05) is 18.5 Å². The summed E-state index contributed by atoms with van der Waals surface area (Å²) in [5, 5.41) is 9.48. The maximum absolute atomic E-state index is 10.9. The van der Waals surface area contributed by atoms with Crippen LogP contribution >= 0.6 is 11.6 Å². The van der Waals surface area contributed by atoms with Gasteiger partial charge >= 0.3 is 5.97 Å². The van der Waals surface area contributed by atoms with Gasteiger partial charge in [0.15, 0.2) is 11.5 Å². The van der Waals surface area contributed by atoms with E-state index in [-0.39, 0.29) is 0 Å². The smallest absolute Gasteiger partial charge is 0.307 e. The summed E-state index contributed by atoms with van der Waals surface area (Å²) in [5.41, 5.74) is 0.976. The van der Waals surface area contributed by atoms with Crippen LogP contribution in [0.3, 0.4) is 0 Å². The number of hydrogen-bond acceptors (Lipinski definition) is 4. The number of benzene rings is 1. The minimum Gasteiger partial charge on any atom is -0.489 e. The number of carboxylic acids is 1. The summed E-state index contributed by atoms with van der Waals surface area (Å²) in [6, 6.07) is 3.76. The van der Waals surface area contributed by atoms with Crippen molar-refractivity contribution < 1.29 is 19.4 Å². The third kappa shape index (κ3) is 4.25. The van der Waals surface area contributed by atoms with Crippen LogP contribution < -0.4 is 9.47 Å². The van der Waals surface area contributed by atoms with Gasteiger partial charge in [0, 0.05) is 19.5 Å². The zero-order valence-corrected chi connectivity index (χ0v) is 13.0. The predicted octanol–water partition coefficient (Wildman–Crippen LogP) is 2.65. The molecule has 1 aliphatic heterocycles. The van der Waals surface area contributed by atoms with Crippen molar-refractivity contribution in [2.45, 2.75) is 19.9 Å². The van der Waals surface area contributed by atoms with Gasteiger partial charge < -0.3 is 19.5 Å². The summed E-state index contributed by atoms with van der Waals surface area (Å²) in [6.07, 6.45) is 0.830. The van der Waals surface area contributed by atoms with Crippen molar-refractivity contribution in [3.05, 3.63) is 22.7 Å². The molecule has 0 aliphatic carbocycles. The van der Waals surface area contributed by atoms with Crippen LogP contribution in [0.4, 0.5) is 0 Å². The second-order valence-electron chi connectivity index (χ2n) is 5.39. The van der Waals surface area contributed by atoms with E-state index in [2.05, 4.69) is 0 Å². The van der Waals surface area contributed by atoms with Crippen molar-refractivity contribution in [1.29, 1.82) is 0 Å². The second kappa shape index (κ2) is 7.00. The number of ether oxygens (including phenoxy) is 2. The Hall–Kier alpha value is -1.46. The Labute approximate surface area is 129 Å². The van der Waals surface area contributed by atoms with Crippen molar-refractivity contribution in [3.63, 3.8) is 0 Å². The number of carboxylic acid groups (broad SMARTS) is 1. The Bertz CT molecular complexity index is 521. The van der Waals surface area contributed by atoms with Gasteiger partial charge in [0.1, 0.15) is 0 Å². The molecule has 1 N–H and O–H groups in total. The Kier molecular flexibility index (Phi) is 5.31. The Balaban J connectivity index is 2.08. The molecular formula is C15H20ClNO4. The minimum atomic E-state index is -0.793. The average Bonchev–Trinajstić information content (AvgIpc) is 2.63.